The van der Waals surface area contributed by atoms with E-state index in [0.29, 0.717) is 5.75 Å². The first-order chi connectivity index (χ1) is 20.1. The second-order valence-corrected chi connectivity index (χ2v) is 16.7. The lowest BCUT2D eigenvalue weighted by molar-refractivity contribution is 0.410. The average molecular weight is 614 g/mol. The van der Waals surface area contributed by atoms with Gasteiger partial charge in [0.2, 0.25) is 0 Å². The quantitative estimate of drug-likeness (QED) is 0.228. The molecule has 4 aromatic rings. The van der Waals surface area contributed by atoms with Gasteiger partial charge in [-0.15, -0.1) is 4.89 Å². The molecule has 1 atom stereocenters. The number of hydrogen-bond donors (Lipinski definition) is 1. The molecule has 4 rings (SSSR count). The van der Waals surface area contributed by atoms with Crippen LogP contribution in [0.2, 0.25) is 0 Å². The minimum absolute atomic E-state index is 0.000786. The van der Waals surface area contributed by atoms with Crippen molar-refractivity contribution in [3.8, 4) is 33.8 Å². The highest BCUT2D eigenvalue weighted by molar-refractivity contribution is 7.32. The molecule has 4 aromatic carbocycles. The Morgan fingerprint density at radius 1 is 0.591 bits per heavy atom. The molecule has 0 fully saturated rings. The second-order valence-electron chi connectivity index (χ2n) is 16.1. The first-order valence-electron chi connectivity index (χ1n) is 15.4. The van der Waals surface area contributed by atoms with Crippen molar-refractivity contribution in [2.45, 2.75) is 105 Å². The summed E-state index contributed by atoms with van der Waals surface area (Å²) in [7, 11) is -1.04. The highest BCUT2D eigenvalue weighted by Crippen LogP contribution is 2.50. The fourth-order valence-corrected chi connectivity index (χ4v) is 6.20. The molecule has 0 aliphatic carbocycles. The summed E-state index contributed by atoms with van der Waals surface area (Å²) in [6.07, 6.45) is 0. The van der Waals surface area contributed by atoms with E-state index in [2.05, 4.69) is 126 Å². The van der Waals surface area contributed by atoms with Crippen LogP contribution in [0.4, 0.5) is 0 Å². The van der Waals surface area contributed by atoms with Gasteiger partial charge in [-0.3, -0.25) is 0 Å². The summed E-state index contributed by atoms with van der Waals surface area (Å²) in [5, 5.41) is 1.90. The molecule has 0 radical (unpaired) electrons. The Morgan fingerprint density at radius 3 is 1.55 bits per heavy atom. The zero-order valence-corrected chi connectivity index (χ0v) is 29.8. The Morgan fingerprint density at radius 2 is 1.09 bits per heavy atom. The molecule has 0 saturated carbocycles. The molecule has 1 unspecified atom stereocenters. The van der Waals surface area contributed by atoms with Gasteiger partial charge in [-0.1, -0.05) is 119 Å². The highest BCUT2D eigenvalue weighted by Gasteiger charge is 2.29. The Balaban J connectivity index is 2.21. The summed E-state index contributed by atoms with van der Waals surface area (Å²) >= 11 is 0. The predicted octanol–water partition coefficient (Wildman–Crippen LogP) is 11.4. The summed E-state index contributed by atoms with van der Waals surface area (Å²) in [5.74, 6) is 1.16. The number of benzene rings is 4. The molecule has 0 aromatic heterocycles. The highest BCUT2D eigenvalue weighted by atomic mass is 31.1. The molecular formula is C39H50O4P+. The molecular weight excluding hydrogens is 563 g/mol. The monoisotopic (exact) mass is 613 g/mol. The van der Waals surface area contributed by atoms with Crippen molar-refractivity contribution >= 4 is 19.0 Å². The van der Waals surface area contributed by atoms with Crippen LogP contribution in [-0.4, -0.2) is 12.0 Å². The fourth-order valence-electron chi connectivity index (χ4n) is 5.91. The molecule has 0 bridgehead atoms. The first kappa shape index (κ1) is 33.7. The van der Waals surface area contributed by atoms with Crippen LogP contribution in [0.25, 0.3) is 33.0 Å². The summed E-state index contributed by atoms with van der Waals surface area (Å²) in [5.41, 5.74) is 8.94. The molecule has 5 heteroatoms. The standard InChI is InChI=1S/C39H49O4P/c1-36(2,3)25-14-17-29(32(22-25)38(7,8)9)31-21-24-20-27(43-44(40)41)16-19-28(24)34(35(31)42-13)30-18-15-26(37(4,5)6)23-33(30)39(10,11)12/h14-23H,1-13H3/p+1. The van der Waals surface area contributed by atoms with Crippen LogP contribution >= 0.6 is 8.25 Å². The van der Waals surface area contributed by atoms with Crippen molar-refractivity contribution in [3.63, 3.8) is 0 Å². The average Bonchev–Trinajstić information content (AvgIpc) is 2.88. The zero-order chi connectivity index (χ0) is 33.0. The molecule has 1 N–H and O–H groups in total. The van der Waals surface area contributed by atoms with E-state index in [1.165, 1.54) is 22.3 Å². The molecule has 44 heavy (non-hydrogen) atoms. The van der Waals surface area contributed by atoms with Crippen molar-refractivity contribution < 1.29 is 18.7 Å². The van der Waals surface area contributed by atoms with E-state index in [1.54, 1.807) is 13.2 Å². The topological polar surface area (TPSA) is 55.8 Å². The smallest absolute Gasteiger partial charge is 0.495 e. The lowest BCUT2D eigenvalue weighted by atomic mass is 9.75. The van der Waals surface area contributed by atoms with Crippen LogP contribution < -0.4 is 9.26 Å². The van der Waals surface area contributed by atoms with Gasteiger partial charge in [0.1, 0.15) is 5.75 Å². The molecule has 0 aliphatic heterocycles. The fraction of sp³-hybridized carbons (Fsp3) is 0.436. The van der Waals surface area contributed by atoms with Crippen LogP contribution in [0, 0.1) is 0 Å². The third kappa shape index (κ3) is 6.87. The van der Waals surface area contributed by atoms with Crippen molar-refractivity contribution in [3.05, 3.63) is 82.9 Å². The minimum Gasteiger partial charge on any atom is -0.495 e. The number of rotatable bonds is 5. The maximum Gasteiger partial charge on any atom is 0.747 e. The van der Waals surface area contributed by atoms with E-state index in [1.807, 2.05) is 12.1 Å². The Kier molecular flexibility index (Phi) is 8.90. The van der Waals surface area contributed by atoms with Gasteiger partial charge >= 0.3 is 8.25 Å². The van der Waals surface area contributed by atoms with Crippen LogP contribution in [0.1, 0.15) is 105 Å². The van der Waals surface area contributed by atoms with Gasteiger partial charge in [-0.05, 0) is 90.1 Å². The SMILES string of the molecule is COc1c(-c2ccc(C(C)(C)C)cc2C(C)(C)C)cc2cc(O[P+](=O)O)ccc2c1-c1ccc(C(C)(C)C)cc1C(C)(C)C. The summed E-state index contributed by atoms with van der Waals surface area (Å²) < 4.78 is 23.3. The van der Waals surface area contributed by atoms with Crippen molar-refractivity contribution in [1.29, 1.82) is 0 Å². The molecule has 4 nitrogen and oxygen atoms in total. The largest absolute Gasteiger partial charge is 0.747 e. The molecule has 0 aliphatic rings. The van der Waals surface area contributed by atoms with E-state index in [9.17, 15) is 9.46 Å². The van der Waals surface area contributed by atoms with E-state index in [-0.39, 0.29) is 21.7 Å². The lowest BCUT2D eigenvalue weighted by Gasteiger charge is -2.30. The Hall–Kier alpha value is -3.20. The molecule has 234 valence electrons. The zero-order valence-electron chi connectivity index (χ0n) is 28.9. The molecule has 0 amide bonds. The Labute approximate surface area is 265 Å². The van der Waals surface area contributed by atoms with Gasteiger partial charge in [0.15, 0.2) is 5.75 Å². The summed E-state index contributed by atoms with van der Waals surface area (Å²) in [4.78, 5) is 9.53. The molecule has 0 saturated heterocycles. The third-order valence-electron chi connectivity index (χ3n) is 8.40. The number of fused-ring (bicyclic) bond motifs is 1. The summed E-state index contributed by atoms with van der Waals surface area (Å²) in [6, 6.07) is 21.3. The lowest BCUT2D eigenvalue weighted by Crippen LogP contribution is -2.18. The van der Waals surface area contributed by atoms with Gasteiger partial charge in [0.05, 0.1) is 7.11 Å². The van der Waals surface area contributed by atoms with E-state index in [0.717, 1.165) is 38.8 Å². The maximum absolute atomic E-state index is 11.6. The predicted molar refractivity (Wildman–Crippen MR) is 187 cm³/mol. The van der Waals surface area contributed by atoms with E-state index < -0.39 is 8.25 Å². The Bertz CT molecular complexity index is 1720. The van der Waals surface area contributed by atoms with Crippen molar-refractivity contribution in [2.24, 2.45) is 0 Å². The van der Waals surface area contributed by atoms with E-state index in [4.69, 9.17) is 9.26 Å². The van der Waals surface area contributed by atoms with Crippen LogP contribution in [0.15, 0.2) is 60.7 Å². The van der Waals surface area contributed by atoms with Gasteiger partial charge in [0.25, 0.3) is 0 Å². The number of ether oxygens (including phenoxy) is 1. The van der Waals surface area contributed by atoms with Crippen LogP contribution in [0.3, 0.4) is 0 Å². The van der Waals surface area contributed by atoms with Gasteiger partial charge in [-0.2, -0.15) is 0 Å². The second kappa shape index (κ2) is 11.6. The van der Waals surface area contributed by atoms with E-state index >= 15 is 0 Å². The third-order valence-corrected chi connectivity index (χ3v) is 8.77. The molecule has 0 heterocycles. The maximum atomic E-state index is 11.6. The number of methoxy groups -OCH3 is 1. The molecule has 0 spiro atoms. The number of hydrogen-bond acceptors (Lipinski definition) is 3. The van der Waals surface area contributed by atoms with Gasteiger partial charge in [-0.25, -0.2) is 4.52 Å². The first-order valence-corrected chi connectivity index (χ1v) is 16.6. The van der Waals surface area contributed by atoms with Gasteiger partial charge in [0, 0.05) is 15.7 Å². The van der Waals surface area contributed by atoms with Crippen molar-refractivity contribution in [2.75, 3.05) is 7.11 Å². The summed E-state index contributed by atoms with van der Waals surface area (Å²) in [6.45, 7) is 27.0. The van der Waals surface area contributed by atoms with Crippen molar-refractivity contribution in [1.82, 2.24) is 0 Å². The van der Waals surface area contributed by atoms with Crippen LogP contribution in [0.5, 0.6) is 11.5 Å². The van der Waals surface area contributed by atoms with Gasteiger partial charge < -0.3 is 4.74 Å². The normalized spacial score (nSPS) is 13.3. The van der Waals surface area contributed by atoms with Crippen LogP contribution in [-0.2, 0) is 26.2 Å². The minimum atomic E-state index is -2.79.